The first kappa shape index (κ1) is 14.8. The van der Waals surface area contributed by atoms with Crippen molar-refractivity contribution < 1.29 is 19.1 Å². The minimum absolute atomic E-state index is 0.0392. The Morgan fingerprint density at radius 2 is 2.00 bits per heavy atom. The van der Waals surface area contributed by atoms with Crippen LogP contribution >= 0.6 is 0 Å². The molecular formula is C13H18N2O4. The Balaban J connectivity index is 2.67. The molecule has 0 fully saturated rings. The molecule has 0 spiro atoms. The first-order chi connectivity index (χ1) is 8.95. The van der Waals surface area contributed by atoms with E-state index in [1.807, 2.05) is 0 Å². The van der Waals surface area contributed by atoms with Crippen molar-refractivity contribution in [1.29, 1.82) is 0 Å². The van der Waals surface area contributed by atoms with Crippen LogP contribution in [0.15, 0.2) is 18.2 Å². The summed E-state index contributed by atoms with van der Waals surface area (Å²) in [6, 6.07) is 4.62. The second kappa shape index (κ2) is 6.63. The number of hydrogen-bond acceptors (Lipinski definition) is 5. The van der Waals surface area contributed by atoms with Gasteiger partial charge in [0.1, 0.15) is 5.75 Å². The Morgan fingerprint density at radius 3 is 2.58 bits per heavy atom. The van der Waals surface area contributed by atoms with E-state index in [-0.39, 0.29) is 18.9 Å². The maximum absolute atomic E-state index is 11.4. The summed E-state index contributed by atoms with van der Waals surface area (Å²) in [6.45, 7) is 0.200. The maximum Gasteiger partial charge on any atom is 0.337 e. The van der Waals surface area contributed by atoms with E-state index in [1.54, 1.807) is 26.2 Å². The Bertz CT molecular complexity index is 472. The number of nitrogens with zero attached hydrogens (tertiary/aromatic N) is 1. The van der Waals surface area contributed by atoms with Gasteiger partial charge >= 0.3 is 5.97 Å². The lowest BCUT2D eigenvalue weighted by atomic mass is 10.2. The Hall–Kier alpha value is -2.24. The van der Waals surface area contributed by atoms with Gasteiger partial charge in [-0.25, -0.2) is 4.79 Å². The van der Waals surface area contributed by atoms with E-state index in [0.29, 0.717) is 17.0 Å². The van der Waals surface area contributed by atoms with Gasteiger partial charge in [-0.15, -0.1) is 0 Å². The van der Waals surface area contributed by atoms with Gasteiger partial charge in [0.15, 0.2) is 0 Å². The molecule has 6 nitrogen and oxygen atoms in total. The number of amides is 1. The number of rotatable bonds is 5. The summed E-state index contributed by atoms with van der Waals surface area (Å²) in [4.78, 5) is 24.2. The highest BCUT2D eigenvalue weighted by molar-refractivity contribution is 5.90. The van der Waals surface area contributed by atoms with E-state index >= 15 is 0 Å². The van der Waals surface area contributed by atoms with Crippen LogP contribution in [0.3, 0.4) is 0 Å². The van der Waals surface area contributed by atoms with Crippen LogP contribution in [0.25, 0.3) is 0 Å². The molecule has 19 heavy (non-hydrogen) atoms. The van der Waals surface area contributed by atoms with Gasteiger partial charge in [0.2, 0.25) is 5.91 Å². The molecule has 1 aromatic rings. The van der Waals surface area contributed by atoms with Gasteiger partial charge < -0.3 is 20.1 Å². The van der Waals surface area contributed by atoms with E-state index in [1.165, 1.54) is 18.1 Å². The molecule has 1 rings (SSSR count). The smallest absolute Gasteiger partial charge is 0.337 e. The first-order valence-corrected chi connectivity index (χ1v) is 5.76. The molecule has 0 heterocycles. The maximum atomic E-state index is 11.4. The molecular weight excluding hydrogens is 248 g/mol. The molecule has 0 aromatic heterocycles. The van der Waals surface area contributed by atoms with Crippen molar-refractivity contribution in [2.75, 3.05) is 33.5 Å². The topological polar surface area (TPSA) is 81.9 Å². The summed E-state index contributed by atoms with van der Waals surface area (Å²) in [6.07, 6.45) is 0.245. The van der Waals surface area contributed by atoms with Crippen LogP contribution in [0, 0.1) is 0 Å². The molecule has 0 atom stereocenters. The van der Waals surface area contributed by atoms with Gasteiger partial charge in [-0.2, -0.15) is 0 Å². The Kier molecular flexibility index (Phi) is 5.17. The van der Waals surface area contributed by atoms with E-state index in [2.05, 4.69) is 4.74 Å². The fourth-order valence-corrected chi connectivity index (χ4v) is 1.38. The van der Waals surface area contributed by atoms with Crippen LogP contribution in [0.1, 0.15) is 16.8 Å². The highest BCUT2D eigenvalue weighted by Gasteiger charge is 2.10. The van der Waals surface area contributed by atoms with Crippen LogP contribution in [0.4, 0.5) is 5.69 Å². The molecule has 1 amide bonds. The lowest BCUT2D eigenvalue weighted by Gasteiger charge is -2.12. The highest BCUT2D eigenvalue weighted by Crippen LogP contribution is 2.23. The third-order valence-electron chi connectivity index (χ3n) is 2.51. The third-order valence-corrected chi connectivity index (χ3v) is 2.51. The molecule has 0 aliphatic carbocycles. The van der Waals surface area contributed by atoms with Crippen molar-refractivity contribution >= 4 is 17.6 Å². The number of ether oxygens (including phenoxy) is 2. The zero-order valence-electron chi connectivity index (χ0n) is 11.3. The van der Waals surface area contributed by atoms with Crippen molar-refractivity contribution in [1.82, 2.24) is 4.90 Å². The minimum atomic E-state index is -0.464. The van der Waals surface area contributed by atoms with Crippen molar-refractivity contribution in [2.24, 2.45) is 0 Å². The lowest BCUT2D eigenvalue weighted by molar-refractivity contribution is -0.129. The number of benzene rings is 1. The second-order valence-corrected chi connectivity index (χ2v) is 4.13. The molecule has 0 saturated carbocycles. The zero-order chi connectivity index (χ0) is 14.4. The van der Waals surface area contributed by atoms with Crippen molar-refractivity contribution in [3.63, 3.8) is 0 Å². The molecule has 0 aliphatic heterocycles. The summed E-state index contributed by atoms with van der Waals surface area (Å²) >= 11 is 0. The molecule has 0 aliphatic rings. The van der Waals surface area contributed by atoms with E-state index in [0.717, 1.165) is 0 Å². The van der Waals surface area contributed by atoms with Gasteiger partial charge in [-0.1, -0.05) is 0 Å². The number of carbonyl (C=O) groups excluding carboxylic acids is 2. The van der Waals surface area contributed by atoms with Crippen LogP contribution in [-0.2, 0) is 9.53 Å². The molecule has 6 heteroatoms. The molecule has 0 radical (unpaired) electrons. The number of nitrogens with two attached hydrogens (primary N) is 1. The third kappa shape index (κ3) is 4.17. The monoisotopic (exact) mass is 266 g/mol. The van der Waals surface area contributed by atoms with Crippen LogP contribution < -0.4 is 10.5 Å². The molecule has 104 valence electrons. The van der Waals surface area contributed by atoms with E-state index in [9.17, 15) is 9.59 Å². The molecule has 2 N–H and O–H groups in total. The van der Waals surface area contributed by atoms with Gasteiger partial charge in [-0.05, 0) is 18.2 Å². The molecule has 0 saturated heterocycles. The lowest BCUT2D eigenvalue weighted by Crippen LogP contribution is -2.23. The van der Waals surface area contributed by atoms with Crippen molar-refractivity contribution in [3.8, 4) is 5.75 Å². The van der Waals surface area contributed by atoms with Gasteiger partial charge in [0.25, 0.3) is 0 Å². The van der Waals surface area contributed by atoms with Crippen LogP contribution in [0.5, 0.6) is 5.75 Å². The zero-order valence-corrected chi connectivity index (χ0v) is 11.3. The number of methoxy groups -OCH3 is 1. The summed E-state index contributed by atoms with van der Waals surface area (Å²) in [5.74, 6) is -0.133. The van der Waals surface area contributed by atoms with E-state index in [4.69, 9.17) is 10.5 Å². The number of hydrogen-bond donors (Lipinski definition) is 1. The fourth-order valence-electron chi connectivity index (χ4n) is 1.38. The second-order valence-electron chi connectivity index (χ2n) is 4.13. The van der Waals surface area contributed by atoms with Gasteiger partial charge in [0.05, 0.1) is 31.4 Å². The van der Waals surface area contributed by atoms with Gasteiger partial charge in [0, 0.05) is 14.1 Å². The predicted octanol–water partition coefficient (Wildman–Crippen LogP) is 0.912. The van der Waals surface area contributed by atoms with Crippen molar-refractivity contribution in [3.05, 3.63) is 23.8 Å². The molecule has 0 bridgehead atoms. The SMILES string of the molecule is COC(=O)c1ccc(N)c(OCCC(=O)N(C)C)c1. The predicted molar refractivity (Wildman–Crippen MR) is 71.0 cm³/mol. The largest absolute Gasteiger partial charge is 0.491 e. The summed E-state index contributed by atoms with van der Waals surface area (Å²) in [7, 11) is 4.65. The average Bonchev–Trinajstić information content (AvgIpc) is 2.39. The molecule has 1 aromatic carbocycles. The standard InChI is InChI=1S/C13H18N2O4/c1-15(2)12(16)6-7-19-11-8-9(13(17)18-3)4-5-10(11)14/h4-5,8H,6-7,14H2,1-3H3. The van der Waals surface area contributed by atoms with Crippen LogP contribution in [0.2, 0.25) is 0 Å². The number of anilines is 1. The summed E-state index contributed by atoms with van der Waals surface area (Å²) < 4.78 is 10.0. The fraction of sp³-hybridized carbons (Fsp3) is 0.385. The molecule has 0 unspecified atom stereocenters. The van der Waals surface area contributed by atoms with E-state index < -0.39 is 5.97 Å². The summed E-state index contributed by atoms with van der Waals surface area (Å²) in [5, 5.41) is 0. The first-order valence-electron chi connectivity index (χ1n) is 5.76. The Labute approximate surface area is 112 Å². The average molecular weight is 266 g/mol. The highest BCUT2D eigenvalue weighted by atomic mass is 16.5. The minimum Gasteiger partial charge on any atom is -0.491 e. The van der Waals surface area contributed by atoms with Crippen LogP contribution in [-0.4, -0.2) is 44.6 Å². The summed E-state index contributed by atoms with van der Waals surface area (Å²) in [5.41, 5.74) is 6.50. The normalized spacial score (nSPS) is 9.84. The number of carbonyl (C=O) groups is 2. The Morgan fingerprint density at radius 1 is 1.32 bits per heavy atom. The van der Waals surface area contributed by atoms with Gasteiger partial charge in [-0.3, -0.25) is 4.79 Å². The van der Waals surface area contributed by atoms with Crippen molar-refractivity contribution in [2.45, 2.75) is 6.42 Å². The number of nitrogen functional groups attached to an aromatic ring is 1. The number of esters is 1. The quantitative estimate of drug-likeness (QED) is 0.633.